The predicted octanol–water partition coefficient (Wildman–Crippen LogP) is 6.28. The molecule has 28 heavy (non-hydrogen) atoms. The molecule has 0 radical (unpaired) electrons. The van der Waals surface area contributed by atoms with Crippen LogP contribution < -0.4 is 10.1 Å². The third-order valence-corrected chi connectivity index (χ3v) is 4.34. The summed E-state index contributed by atoms with van der Waals surface area (Å²) < 4.78 is 5.76. The highest BCUT2D eigenvalue weighted by Gasteiger charge is 2.01. The van der Waals surface area contributed by atoms with E-state index in [2.05, 4.69) is 23.5 Å². The van der Waals surface area contributed by atoms with E-state index >= 15 is 0 Å². The molecule has 0 saturated carbocycles. The monoisotopic (exact) mass is 365 g/mol. The Labute approximate surface area is 163 Å². The Hall–Kier alpha value is -3.85. The summed E-state index contributed by atoms with van der Waals surface area (Å²) in [4.78, 5) is 12.3. The first-order valence-corrected chi connectivity index (χ1v) is 9.08. The maximum atomic E-state index is 12.3. The van der Waals surface area contributed by atoms with Gasteiger partial charge in [0.2, 0.25) is 5.91 Å². The second-order valence-electron chi connectivity index (χ2n) is 6.33. The second kappa shape index (κ2) is 8.23. The number of rotatable bonds is 5. The van der Waals surface area contributed by atoms with Gasteiger partial charge in [0, 0.05) is 11.8 Å². The Balaban J connectivity index is 1.41. The molecule has 0 aromatic heterocycles. The van der Waals surface area contributed by atoms with Gasteiger partial charge in [0.05, 0.1) is 0 Å². The zero-order chi connectivity index (χ0) is 19.2. The highest BCUT2D eigenvalue weighted by Crippen LogP contribution is 2.23. The highest BCUT2D eigenvalue weighted by molar-refractivity contribution is 6.03. The molecule has 0 unspecified atom stereocenters. The maximum Gasteiger partial charge on any atom is 0.248 e. The fourth-order valence-electron chi connectivity index (χ4n) is 2.98. The number of hydrogen-bond donors (Lipinski definition) is 1. The third kappa shape index (κ3) is 4.27. The van der Waals surface area contributed by atoms with Gasteiger partial charge in [-0.3, -0.25) is 4.79 Å². The zero-order valence-electron chi connectivity index (χ0n) is 15.2. The molecular formula is C25H19NO2. The number of carbonyl (C=O) groups excluding carboxylic acids is 1. The SMILES string of the molecule is O=C(C=Cc1cccc2ccccc12)Nc1ccc(Oc2ccccc2)cc1. The first-order valence-electron chi connectivity index (χ1n) is 9.08. The van der Waals surface area contributed by atoms with Crippen molar-refractivity contribution in [1.82, 2.24) is 0 Å². The van der Waals surface area contributed by atoms with Crippen molar-refractivity contribution >= 4 is 28.4 Å². The normalized spacial score (nSPS) is 10.9. The molecular weight excluding hydrogens is 346 g/mol. The summed E-state index contributed by atoms with van der Waals surface area (Å²) in [5.74, 6) is 1.32. The van der Waals surface area contributed by atoms with Crippen molar-refractivity contribution in [1.29, 1.82) is 0 Å². The van der Waals surface area contributed by atoms with E-state index in [1.54, 1.807) is 6.08 Å². The molecule has 0 fully saturated rings. The molecule has 3 nitrogen and oxygen atoms in total. The number of hydrogen-bond acceptors (Lipinski definition) is 2. The highest BCUT2D eigenvalue weighted by atomic mass is 16.5. The van der Waals surface area contributed by atoms with Crippen LogP contribution in [0.25, 0.3) is 16.8 Å². The Morgan fingerprint density at radius 1 is 0.714 bits per heavy atom. The van der Waals surface area contributed by atoms with Crippen molar-refractivity contribution in [2.45, 2.75) is 0 Å². The number of carbonyl (C=O) groups is 1. The number of amides is 1. The lowest BCUT2D eigenvalue weighted by molar-refractivity contribution is -0.111. The van der Waals surface area contributed by atoms with Gasteiger partial charge in [0.15, 0.2) is 0 Å². The van der Waals surface area contributed by atoms with Gasteiger partial charge >= 0.3 is 0 Å². The molecule has 0 aliphatic carbocycles. The van der Waals surface area contributed by atoms with E-state index in [9.17, 15) is 4.79 Å². The Bertz CT molecular complexity index is 1110. The van der Waals surface area contributed by atoms with E-state index in [4.69, 9.17) is 4.74 Å². The predicted molar refractivity (Wildman–Crippen MR) is 115 cm³/mol. The van der Waals surface area contributed by atoms with Crippen LogP contribution in [-0.2, 0) is 4.79 Å². The summed E-state index contributed by atoms with van der Waals surface area (Å²) >= 11 is 0. The van der Waals surface area contributed by atoms with Crippen LogP contribution in [0.15, 0.2) is 103 Å². The van der Waals surface area contributed by atoms with Gasteiger partial charge in [0.1, 0.15) is 11.5 Å². The van der Waals surface area contributed by atoms with E-state index in [0.717, 1.165) is 27.8 Å². The van der Waals surface area contributed by atoms with Gasteiger partial charge < -0.3 is 10.1 Å². The lowest BCUT2D eigenvalue weighted by Gasteiger charge is -2.07. The fourth-order valence-corrected chi connectivity index (χ4v) is 2.98. The average molecular weight is 365 g/mol. The molecule has 4 aromatic carbocycles. The quantitative estimate of drug-likeness (QED) is 0.422. The molecule has 3 heteroatoms. The van der Waals surface area contributed by atoms with Crippen LogP contribution in [0, 0.1) is 0 Å². The number of fused-ring (bicyclic) bond motifs is 1. The summed E-state index contributed by atoms with van der Waals surface area (Å²) in [6, 6.07) is 31.1. The standard InChI is InChI=1S/C25H19NO2/c27-25(18-13-20-9-6-8-19-7-4-5-12-24(19)20)26-21-14-16-23(17-15-21)28-22-10-2-1-3-11-22/h1-18H,(H,26,27). The van der Waals surface area contributed by atoms with Crippen molar-refractivity contribution in [2.75, 3.05) is 5.32 Å². The summed E-state index contributed by atoms with van der Waals surface area (Å²) in [5.41, 5.74) is 1.73. The molecule has 1 N–H and O–H groups in total. The van der Waals surface area contributed by atoms with Crippen molar-refractivity contribution in [3.63, 3.8) is 0 Å². The molecule has 0 aliphatic rings. The Morgan fingerprint density at radius 3 is 2.21 bits per heavy atom. The summed E-state index contributed by atoms with van der Waals surface area (Å²) in [5, 5.41) is 5.14. The second-order valence-corrected chi connectivity index (χ2v) is 6.33. The fraction of sp³-hybridized carbons (Fsp3) is 0. The summed E-state index contributed by atoms with van der Waals surface area (Å²) in [6.45, 7) is 0. The topological polar surface area (TPSA) is 38.3 Å². The van der Waals surface area contributed by atoms with Gasteiger partial charge in [-0.25, -0.2) is 0 Å². The molecule has 0 heterocycles. The molecule has 1 amide bonds. The first-order chi connectivity index (χ1) is 13.8. The number of para-hydroxylation sites is 1. The van der Waals surface area contributed by atoms with Crippen LogP contribution in [0.4, 0.5) is 5.69 Å². The smallest absolute Gasteiger partial charge is 0.248 e. The summed E-state index contributed by atoms with van der Waals surface area (Å²) in [6.07, 6.45) is 3.39. The van der Waals surface area contributed by atoms with Crippen LogP contribution in [0.5, 0.6) is 11.5 Å². The van der Waals surface area contributed by atoms with Crippen LogP contribution in [0.1, 0.15) is 5.56 Å². The molecule has 0 atom stereocenters. The minimum absolute atomic E-state index is 0.176. The van der Waals surface area contributed by atoms with Gasteiger partial charge in [-0.2, -0.15) is 0 Å². The molecule has 4 rings (SSSR count). The van der Waals surface area contributed by atoms with Crippen molar-refractivity contribution in [3.05, 3.63) is 109 Å². The number of benzene rings is 4. The zero-order valence-corrected chi connectivity index (χ0v) is 15.2. The summed E-state index contributed by atoms with van der Waals surface area (Å²) in [7, 11) is 0. The lowest BCUT2D eigenvalue weighted by atomic mass is 10.0. The average Bonchev–Trinajstić information content (AvgIpc) is 2.74. The van der Waals surface area contributed by atoms with Crippen LogP contribution in [0.2, 0.25) is 0 Å². The first kappa shape index (κ1) is 17.6. The number of anilines is 1. The molecule has 0 aliphatic heterocycles. The van der Waals surface area contributed by atoms with Gasteiger partial charge in [-0.1, -0.05) is 60.7 Å². The number of nitrogens with one attached hydrogen (secondary N) is 1. The van der Waals surface area contributed by atoms with Gasteiger partial charge in [-0.05, 0) is 58.8 Å². The van der Waals surface area contributed by atoms with Crippen LogP contribution >= 0.6 is 0 Å². The van der Waals surface area contributed by atoms with Crippen molar-refractivity contribution in [2.24, 2.45) is 0 Å². The van der Waals surface area contributed by atoms with Crippen LogP contribution in [0.3, 0.4) is 0 Å². The van der Waals surface area contributed by atoms with E-state index < -0.39 is 0 Å². The minimum atomic E-state index is -0.176. The maximum absolute atomic E-state index is 12.3. The third-order valence-electron chi connectivity index (χ3n) is 4.34. The largest absolute Gasteiger partial charge is 0.457 e. The molecule has 4 aromatic rings. The molecule has 0 saturated heterocycles. The van der Waals surface area contributed by atoms with Gasteiger partial charge in [-0.15, -0.1) is 0 Å². The molecule has 0 spiro atoms. The van der Waals surface area contributed by atoms with E-state index in [-0.39, 0.29) is 5.91 Å². The van der Waals surface area contributed by atoms with Crippen molar-refractivity contribution < 1.29 is 9.53 Å². The van der Waals surface area contributed by atoms with E-state index in [1.165, 1.54) is 0 Å². The molecule has 136 valence electrons. The van der Waals surface area contributed by atoms with Crippen molar-refractivity contribution in [3.8, 4) is 11.5 Å². The molecule has 0 bridgehead atoms. The lowest BCUT2D eigenvalue weighted by Crippen LogP contribution is -2.07. The van der Waals surface area contributed by atoms with E-state index in [1.807, 2.05) is 84.9 Å². The minimum Gasteiger partial charge on any atom is -0.457 e. The Kier molecular flexibility index (Phi) is 5.16. The van der Waals surface area contributed by atoms with E-state index in [0.29, 0.717) is 5.69 Å². The van der Waals surface area contributed by atoms with Gasteiger partial charge in [0.25, 0.3) is 0 Å². The Morgan fingerprint density at radius 2 is 1.39 bits per heavy atom. The van der Waals surface area contributed by atoms with Crippen LogP contribution in [-0.4, -0.2) is 5.91 Å². The number of ether oxygens (including phenoxy) is 1.